The van der Waals surface area contributed by atoms with Crippen molar-refractivity contribution in [1.29, 1.82) is 0 Å². The lowest BCUT2D eigenvalue weighted by Crippen LogP contribution is -2.17. The van der Waals surface area contributed by atoms with Gasteiger partial charge in [-0.15, -0.1) is 11.8 Å². The van der Waals surface area contributed by atoms with Gasteiger partial charge in [-0.2, -0.15) is 5.10 Å². The van der Waals surface area contributed by atoms with E-state index in [1.54, 1.807) is 35.1 Å². The van der Waals surface area contributed by atoms with Gasteiger partial charge in [0.05, 0.1) is 17.2 Å². The quantitative estimate of drug-likeness (QED) is 0.660. The Labute approximate surface area is 166 Å². The van der Waals surface area contributed by atoms with Crippen LogP contribution in [0.2, 0.25) is 0 Å². The predicted molar refractivity (Wildman–Crippen MR) is 108 cm³/mol. The van der Waals surface area contributed by atoms with E-state index in [4.69, 9.17) is 4.74 Å². The fourth-order valence-electron chi connectivity index (χ4n) is 3.16. The molecular weight excluding hydrogens is 377 g/mol. The number of fused-ring (bicyclic) bond motifs is 1. The van der Waals surface area contributed by atoms with Gasteiger partial charge in [-0.05, 0) is 43.7 Å². The summed E-state index contributed by atoms with van der Waals surface area (Å²) in [6, 6.07) is 14.0. The van der Waals surface area contributed by atoms with E-state index < -0.39 is 5.82 Å². The molecule has 1 aliphatic heterocycles. The summed E-state index contributed by atoms with van der Waals surface area (Å²) in [5.74, 6) is 1.23. The zero-order chi connectivity index (χ0) is 19.7. The summed E-state index contributed by atoms with van der Waals surface area (Å²) in [6.07, 6.45) is 1.78. The number of carbonyl (C=O) groups is 1. The van der Waals surface area contributed by atoms with E-state index in [0.717, 1.165) is 11.1 Å². The molecule has 0 radical (unpaired) electrons. The van der Waals surface area contributed by atoms with E-state index in [1.807, 2.05) is 32.0 Å². The van der Waals surface area contributed by atoms with Gasteiger partial charge in [0.25, 0.3) is 0 Å². The van der Waals surface area contributed by atoms with Crippen LogP contribution in [0.15, 0.2) is 54.7 Å². The molecule has 1 aliphatic rings. The van der Waals surface area contributed by atoms with Crippen LogP contribution in [0, 0.1) is 5.82 Å². The maximum absolute atomic E-state index is 14.4. The summed E-state index contributed by atoms with van der Waals surface area (Å²) in [6.45, 7) is 4.02. The number of nitrogens with zero attached hydrogens (tertiary/aromatic N) is 2. The molecule has 0 saturated carbocycles. The monoisotopic (exact) mass is 397 g/mol. The van der Waals surface area contributed by atoms with Crippen molar-refractivity contribution in [1.82, 2.24) is 9.78 Å². The largest absolute Gasteiger partial charge is 0.454 e. The maximum Gasteiger partial charge on any atom is 0.235 e. The van der Waals surface area contributed by atoms with Gasteiger partial charge < -0.3 is 10.1 Å². The Morgan fingerprint density at radius 2 is 2.04 bits per heavy atom. The Morgan fingerprint density at radius 1 is 1.25 bits per heavy atom. The van der Waals surface area contributed by atoms with Crippen LogP contribution in [0.4, 0.5) is 10.2 Å². The highest BCUT2D eigenvalue weighted by molar-refractivity contribution is 8.00. The van der Waals surface area contributed by atoms with Gasteiger partial charge in [-0.1, -0.05) is 24.3 Å². The number of hydrogen-bond acceptors (Lipinski definition) is 4. The van der Waals surface area contributed by atoms with Crippen molar-refractivity contribution in [3.63, 3.8) is 0 Å². The number of ether oxygens (including phenoxy) is 1. The average molecular weight is 397 g/mol. The molecular formula is C21H20FN3O2S. The van der Waals surface area contributed by atoms with E-state index in [-0.39, 0.29) is 22.9 Å². The molecule has 5 nitrogen and oxygen atoms in total. The van der Waals surface area contributed by atoms with E-state index in [9.17, 15) is 9.18 Å². The minimum absolute atomic E-state index is 0.0704. The SMILES string of the molecule is CC(C)n1ncc2c1NC(=O)CSC2c1ccc(F)c(Oc2ccccc2)c1. The molecule has 1 unspecified atom stereocenters. The summed E-state index contributed by atoms with van der Waals surface area (Å²) in [5.41, 5.74) is 1.76. The van der Waals surface area contributed by atoms with Crippen molar-refractivity contribution in [2.45, 2.75) is 25.1 Å². The van der Waals surface area contributed by atoms with Gasteiger partial charge in [0.2, 0.25) is 5.91 Å². The lowest BCUT2D eigenvalue weighted by atomic mass is 10.1. The first-order chi connectivity index (χ1) is 13.5. The van der Waals surface area contributed by atoms with Gasteiger partial charge in [0.15, 0.2) is 11.6 Å². The third kappa shape index (κ3) is 3.62. The van der Waals surface area contributed by atoms with Gasteiger partial charge in [-0.3, -0.25) is 4.79 Å². The number of carbonyl (C=O) groups excluding carboxylic acids is 1. The van der Waals surface area contributed by atoms with E-state index in [0.29, 0.717) is 17.3 Å². The minimum Gasteiger partial charge on any atom is -0.454 e. The number of anilines is 1. The van der Waals surface area contributed by atoms with Crippen LogP contribution < -0.4 is 10.1 Å². The Bertz CT molecular complexity index is 1000. The van der Waals surface area contributed by atoms with Gasteiger partial charge >= 0.3 is 0 Å². The highest BCUT2D eigenvalue weighted by Crippen LogP contribution is 2.43. The van der Waals surface area contributed by atoms with Crippen molar-refractivity contribution < 1.29 is 13.9 Å². The number of hydrogen-bond donors (Lipinski definition) is 1. The molecule has 1 N–H and O–H groups in total. The lowest BCUT2D eigenvalue weighted by molar-refractivity contribution is -0.113. The van der Waals surface area contributed by atoms with E-state index in [2.05, 4.69) is 10.4 Å². The van der Waals surface area contributed by atoms with Crippen molar-refractivity contribution in [2.24, 2.45) is 0 Å². The number of thioether (sulfide) groups is 1. The van der Waals surface area contributed by atoms with Crippen LogP contribution in [-0.2, 0) is 4.79 Å². The van der Waals surface area contributed by atoms with Crippen molar-refractivity contribution >= 4 is 23.5 Å². The first-order valence-corrected chi connectivity index (χ1v) is 10.1. The van der Waals surface area contributed by atoms with Crippen LogP contribution in [0.5, 0.6) is 11.5 Å². The Balaban J connectivity index is 1.73. The fourth-order valence-corrected chi connectivity index (χ4v) is 4.24. The molecule has 0 aliphatic carbocycles. The summed E-state index contributed by atoms with van der Waals surface area (Å²) in [7, 11) is 0. The number of benzene rings is 2. The molecule has 4 rings (SSSR count). The smallest absolute Gasteiger partial charge is 0.235 e. The molecule has 0 fully saturated rings. The number of para-hydroxylation sites is 1. The zero-order valence-corrected chi connectivity index (χ0v) is 16.4. The van der Waals surface area contributed by atoms with Crippen LogP contribution in [0.3, 0.4) is 0 Å². The number of aromatic nitrogens is 2. The highest BCUT2D eigenvalue weighted by atomic mass is 32.2. The summed E-state index contributed by atoms with van der Waals surface area (Å²) in [4.78, 5) is 12.2. The Hall–Kier alpha value is -2.80. The van der Waals surface area contributed by atoms with E-state index in [1.165, 1.54) is 17.8 Å². The maximum atomic E-state index is 14.4. The lowest BCUT2D eigenvalue weighted by Gasteiger charge is -2.17. The zero-order valence-electron chi connectivity index (χ0n) is 15.6. The Morgan fingerprint density at radius 3 is 2.79 bits per heavy atom. The topological polar surface area (TPSA) is 56.2 Å². The van der Waals surface area contributed by atoms with E-state index >= 15 is 0 Å². The second-order valence-corrected chi connectivity index (χ2v) is 7.92. The van der Waals surface area contributed by atoms with Crippen molar-refractivity contribution in [3.05, 3.63) is 71.7 Å². The Kier molecular flexibility index (Phi) is 5.09. The summed E-state index contributed by atoms with van der Waals surface area (Å²) >= 11 is 1.49. The number of rotatable bonds is 4. The first kappa shape index (κ1) is 18.6. The average Bonchev–Trinajstić information content (AvgIpc) is 3.01. The molecule has 0 saturated heterocycles. The molecule has 1 atom stereocenters. The molecule has 7 heteroatoms. The number of halogens is 1. The number of nitrogens with one attached hydrogen (secondary N) is 1. The second kappa shape index (κ2) is 7.67. The number of amides is 1. The second-order valence-electron chi connectivity index (χ2n) is 6.83. The molecule has 144 valence electrons. The molecule has 3 aromatic rings. The molecule has 0 spiro atoms. The summed E-state index contributed by atoms with van der Waals surface area (Å²) in [5, 5.41) is 7.24. The van der Waals surface area contributed by atoms with Crippen LogP contribution in [-0.4, -0.2) is 21.4 Å². The van der Waals surface area contributed by atoms with Gasteiger partial charge in [0, 0.05) is 11.6 Å². The molecule has 1 amide bonds. The van der Waals surface area contributed by atoms with Crippen LogP contribution >= 0.6 is 11.8 Å². The third-order valence-electron chi connectivity index (χ3n) is 4.46. The summed E-state index contributed by atoms with van der Waals surface area (Å²) < 4.78 is 21.9. The first-order valence-electron chi connectivity index (χ1n) is 9.04. The van der Waals surface area contributed by atoms with Gasteiger partial charge in [-0.25, -0.2) is 9.07 Å². The molecule has 2 heterocycles. The molecule has 0 bridgehead atoms. The van der Waals surface area contributed by atoms with Crippen LogP contribution in [0.1, 0.15) is 36.3 Å². The fraction of sp³-hybridized carbons (Fsp3) is 0.238. The minimum atomic E-state index is -0.432. The van der Waals surface area contributed by atoms with Crippen molar-refractivity contribution in [3.8, 4) is 11.5 Å². The van der Waals surface area contributed by atoms with Gasteiger partial charge in [0.1, 0.15) is 11.6 Å². The molecule has 2 aromatic carbocycles. The highest BCUT2D eigenvalue weighted by Gasteiger charge is 2.29. The molecule has 1 aromatic heterocycles. The normalized spacial score (nSPS) is 16.4. The predicted octanol–water partition coefficient (Wildman–Crippen LogP) is 5.17. The molecule has 28 heavy (non-hydrogen) atoms. The van der Waals surface area contributed by atoms with Crippen molar-refractivity contribution in [2.75, 3.05) is 11.1 Å². The standard InChI is InChI=1S/C21H20FN3O2S/c1-13(2)25-21-16(11-23-25)20(28-12-19(26)24-21)14-8-9-17(22)18(10-14)27-15-6-4-3-5-7-15/h3-11,13,20H,12H2,1-2H3,(H,24,26). The third-order valence-corrected chi connectivity index (χ3v) is 5.75. The van der Waals surface area contributed by atoms with Crippen LogP contribution in [0.25, 0.3) is 0 Å².